The Morgan fingerprint density at radius 3 is 2.50 bits per heavy atom. The van der Waals surface area contributed by atoms with E-state index in [9.17, 15) is 13.2 Å². The van der Waals surface area contributed by atoms with Gasteiger partial charge in [0.15, 0.2) is 0 Å². The Kier molecular flexibility index (Phi) is 5.52. The van der Waals surface area contributed by atoms with Gasteiger partial charge < -0.3 is 5.32 Å². The Labute approximate surface area is 175 Å². The smallest absolute Gasteiger partial charge is 0.295 e. The van der Waals surface area contributed by atoms with Crippen molar-refractivity contribution in [1.82, 2.24) is 23.9 Å². The minimum Gasteiger partial charge on any atom is -0.319 e. The molecular weight excluding hydrogens is 404 g/mol. The number of benzene rings is 1. The van der Waals surface area contributed by atoms with E-state index in [1.807, 2.05) is 19.9 Å². The highest BCUT2D eigenvalue weighted by Crippen LogP contribution is 2.23. The summed E-state index contributed by atoms with van der Waals surface area (Å²) in [4.78, 5) is 21.3. The van der Waals surface area contributed by atoms with E-state index in [2.05, 4.69) is 20.4 Å². The quantitative estimate of drug-likeness (QED) is 0.684. The summed E-state index contributed by atoms with van der Waals surface area (Å²) >= 11 is 0. The molecule has 0 saturated carbocycles. The molecule has 0 aliphatic carbocycles. The van der Waals surface area contributed by atoms with E-state index in [-0.39, 0.29) is 10.7 Å². The Morgan fingerprint density at radius 2 is 1.77 bits per heavy atom. The number of amides is 1. The van der Waals surface area contributed by atoms with Crippen molar-refractivity contribution in [3.63, 3.8) is 0 Å². The number of anilines is 1. The predicted octanol–water partition coefficient (Wildman–Crippen LogP) is 2.56. The lowest BCUT2D eigenvalue weighted by Crippen LogP contribution is -2.32. The van der Waals surface area contributed by atoms with Gasteiger partial charge in [0, 0.05) is 30.2 Å². The van der Waals surface area contributed by atoms with Crippen molar-refractivity contribution in [2.75, 3.05) is 18.4 Å². The van der Waals surface area contributed by atoms with Crippen LogP contribution >= 0.6 is 0 Å². The molecule has 158 valence electrons. The number of nitrogens with one attached hydrogen (secondary N) is 1. The van der Waals surface area contributed by atoms with Crippen LogP contribution in [0.3, 0.4) is 0 Å². The van der Waals surface area contributed by atoms with Crippen molar-refractivity contribution in [3.05, 3.63) is 47.5 Å². The molecule has 1 saturated heterocycles. The van der Waals surface area contributed by atoms with E-state index >= 15 is 0 Å². The van der Waals surface area contributed by atoms with Crippen LogP contribution in [0.4, 0.5) is 5.69 Å². The molecule has 2 aromatic heterocycles. The zero-order valence-electron chi connectivity index (χ0n) is 17.0. The Balaban J connectivity index is 1.57. The summed E-state index contributed by atoms with van der Waals surface area (Å²) in [6.07, 6.45) is 3.81. The number of aryl methyl sites for hydroxylation is 2. The van der Waals surface area contributed by atoms with E-state index in [4.69, 9.17) is 0 Å². The van der Waals surface area contributed by atoms with Crippen LogP contribution in [0, 0.1) is 13.8 Å². The average Bonchev–Trinajstić information content (AvgIpc) is 2.94. The minimum atomic E-state index is -3.60. The lowest BCUT2D eigenvalue weighted by Gasteiger charge is -2.20. The van der Waals surface area contributed by atoms with Crippen LogP contribution in [0.25, 0.3) is 5.78 Å². The Bertz CT molecular complexity index is 1200. The molecule has 10 heteroatoms. The third kappa shape index (κ3) is 4.05. The van der Waals surface area contributed by atoms with Gasteiger partial charge in [0.2, 0.25) is 15.8 Å². The maximum Gasteiger partial charge on any atom is 0.295 e. The maximum absolute atomic E-state index is 13.0. The van der Waals surface area contributed by atoms with Gasteiger partial charge in [0.05, 0.1) is 4.90 Å². The Morgan fingerprint density at radius 1 is 1.03 bits per heavy atom. The normalized spacial score (nSPS) is 15.8. The number of aromatic nitrogens is 4. The molecule has 30 heavy (non-hydrogen) atoms. The number of nitrogens with zero attached hydrogens (tertiary/aromatic N) is 5. The molecular formula is C20H24N6O3S. The standard InChI is InChI=1S/C20H24N6O3S/c1-14-12-15(2)26-20(21-14)23-18(24-26)19(27)22-16-8-7-9-17(13-16)30(28,29)25-10-5-3-4-6-11-25/h7-9,12-13H,3-6,10-11H2,1-2H3,(H,22,27). The highest BCUT2D eigenvalue weighted by molar-refractivity contribution is 7.89. The van der Waals surface area contributed by atoms with E-state index in [0.717, 1.165) is 37.1 Å². The Hall–Kier alpha value is -2.85. The largest absolute Gasteiger partial charge is 0.319 e. The van der Waals surface area contributed by atoms with Crippen molar-refractivity contribution in [3.8, 4) is 0 Å². The molecule has 1 fully saturated rings. The third-order valence-corrected chi connectivity index (χ3v) is 7.01. The molecule has 0 radical (unpaired) electrons. The third-order valence-electron chi connectivity index (χ3n) is 5.12. The molecule has 1 aromatic carbocycles. The summed E-state index contributed by atoms with van der Waals surface area (Å²) in [5.41, 5.74) is 1.97. The van der Waals surface area contributed by atoms with Crippen LogP contribution in [0.15, 0.2) is 35.2 Å². The molecule has 1 aliphatic rings. The van der Waals surface area contributed by atoms with Gasteiger partial charge in [-0.15, -0.1) is 5.10 Å². The van der Waals surface area contributed by atoms with Crippen LogP contribution < -0.4 is 5.32 Å². The molecule has 3 aromatic rings. The topological polar surface area (TPSA) is 110 Å². The lowest BCUT2D eigenvalue weighted by molar-refractivity contribution is 0.101. The average molecular weight is 429 g/mol. The van der Waals surface area contributed by atoms with Crippen molar-refractivity contribution >= 4 is 27.4 Å². The van der Waals surface area contributed by atoms with Crippen LogP contribution in [-0.2, 0) is 10.0 Å². The fraction of sp³-hybridized carbons (Fsp3) is 0.400. The molecule has 3 heterocycles. The molecule has 0 bridgehead atoms. The summed E-state index contributed by atoms with van der Waals surface area (Å²) in [5.74, 6) is -0.214. The second kappa shape index (κ2) is 8.11. The first-order valence-electron chi connectivity index (χ1n) is 9.97. The molecule has 0 spiro atoms. The van der Waals surface area contributed by atoms with Crippen LogP contribution in [0.5, 0.6) is 0 Å². The molecule has 1 amide bonds. The maximum atomic E-state index is 13.0. The van der Waals surface area contributed by atoms with E-state index in [1.54, 1.807) is 18.2 Å². The van der Waals surface area contributed by atoms with E-state index < -0.39 is 15.9 Å². The molecule has 0 unspecified atom stereocenters. The predicted molar refractivity (Wildman–Crippen MR) is 112 cm³/mol. The van der Waals surface area contributed by atoms with Crippen molar-refractivity contribution in [2.24, 2.45) is 0 Å². The van der Waals surface area contributed by atoms with Crippen molar-refractivity contribution < 1.29 is 13.2 Å². The first kappa shape index (κ1) is 20.4. The van der Waals surface area contributed by atoms with Crippen molar-refractivity contribution in [2.45, 2.75) is 44.4 Å². The number of rotatable bonds is 4. The van der Waals surface area contributed by atoms with Crippen LogP contribution in [0.2, 0.25) is 0 Å². The summed E-state index contributed by atoms with van der Waals surface area (Å²) in [6, 6.07) is 8.13. The molecule has 0 atom stereocenters. The first-order valence-corrected chi connectivity index (χ1v) is 11.4. The second-order valence-electron chi connectivity index (χ2n) is 7.49. The van der Waals surface area contributed by atoms with Gasteiger partial charge in [-0.05, 0) is 51.0 Å². The number of sulfonamides is 1. The van der Waals surface area contributed by atoms with Crippen molar-refractivity contribution in [1.29, 1.82) is 0 Å². The zero-order chi connectivity index (χ0) is 21.3. The number of carbonyl (C=O) groups excluding carboxylic acids is 1. The van der Waals surface area contributed by atoms with Crippen LogP contribution in [0.1, 0.15) is 47.7 Å². The van der Waals surface area contributed by atoms with E-state index in [0.29, 0.717) is 24.6 Å². The summed E-state index contributed by atoms with van der Waals surface area (Å²) in [7, 11) is -3.60. The molecule has 9 nitrogen and oxygen atoms in total. The number of fused-ring (bicyclic) bond motifs is 1. The molecule has 1 N–H and O–H groups in total. The molecule has 1 aliphatic heterocycles. The minimum absolute atomic E-state index is 0.0306. The highest BCUT2D eigenvalue weighted by Gasteiger charge is 2.25. The van der Waals surface area contributed by atoms with Gasteiger partial charge in [-0.3, -0.25) is 4.79 Å². The fourth-order valence-corrected chi connectivity index (χ4v) is 5.18. The zero-order valence-corrected chi connectivity index (χ0v) is 17.8. The summed E-state index contributed by atoms with van der Waals surface area (Å²) < 4.78 is 29.1. The van der Waals surface area contributed by atoms with Gasteiger partial charge >= 0.3 is 0 Å². The SMILES string of the molecule is Cc1cc(C)n2nc(C(=O)Nc3cccc(S(=O)(=O)N4CCCCCC4)c3)nc2n1. The van der Waals surface area contributed by atoms with Gasteiger partial charge in [-0.1, -0.05) is 18.9 Å². The van der Waals surface area contributed by atoms with E-state index in [1.165, 1.54) is 14.9 Å². The number of hydrogen-bond acceptors (Lipinski definition) is 6. The van der Waals surface area contributed by atoms with Gasteiger partial charge in [0.25, 0.3) is 11.7 Å². The second-order valence-corrected chi connectivity index (χ2v) is 9.42. The lowest BCUT2D eigenvalue weighted by atomic mass is 10.2. The molecule has 4 rings (SSSR count). The summed E-state index contributed by atoms with van der Waals surface area (Å²) in [5, 5.41) is 6.90. The summed E-state index contributed by atoms with van der Waals surface area (Å²) in [6.45, 7) is 4.75. The highest BCUT2D eigenvalue weighted by atomic mass is 32.2. The fourth-order valence-electron chi connectivity index (χ4n) is 3.61. The number of hydrogen-bond donors (Lipinski definition) is 1. The number of carbonyl (C=O) groups is 1. The monoisotopic (exact) mass is 428 g/mol. The van der Waals surface area contributed by atoms with Gasteiger partial charge in [-0.25, -0.2) is 17.9 Å². The van der Waals surface area contributed by atoms with Gasteiger partial charge in [0.1, 0.15) is 0 Å². The van der Waals surface area contributed by atoms with Crippen LogP contribution in [-0.4, -0.2) is 51.3 Å². The van der Waals surface area contributed by atoms with Gasteiger partial charge in [-0.2, -0.15) is 9.29 Å². The first-order chi connectivity index (χ1) is 14.3.